The first-order chi connectivity index (χ1) is 15.1. The van der Waals surface area contributed by atoms with Crippen LogP contribution in [-0.2, 0) is 4.79 Å². The summed E-state index contributed by atoms with van der Waals surface area (Å²) in [6.07, 6.45) is 1.34. The number of carbonyl (C=O) groups excluding carboxylic acids is 1. The van der Waals surface area contributed by atoms with Crippen molar-refractivity contribution in [2.75, 3.05) is 51.7 Å². The molecule has 1 amide bonds. The van der Waals surface area contributed by atoms with Crippen LogP contribution in [0.15, 0.2) is 54.6 Å². The summed E-state index contributed by atoms with van der Waals surface area (Å²) in [5.74, 6) is 0.955. The lowest BCUT2D eigenvalue weighted by atomic mass is 10.1. The maximum Gasteiger partial charge on any atom is 0.228 e. The minimum atomic E-state index is -0.0423. The standard InChI is InChI=1S/C25H36N4O2/c1-4-27-19-22-18-25(30)29(16-15-28(22)3)21-11-8-12-23(17-21)31-24(13-14-26-2)20-9-6-5-7-10-20/h5-12,17,22,24,26-27H,4,13-16,18-19H2,1-3H3/t22-,24?/m0/s1. The molecule has 31 heavy (non-hydrogen) atoms. The maximum atomic E-state index is 13.1. The number of rotatable bonds is 10. The van der Waals surface area contributed by atoms with Crippen LogP contribution in [-0.4, -0.2) is 63.7 Å². The van der Waals surface area contributed by atoms with Gasteiger partial charge in [-0.1, -0.05) is 43.3 Å². The Kier molecular flexibility index (Phi) is 8.88. The molecule has 0 bridgehead atoms. The van der Waals surface area contributed by atoms with Gasteiger partial charge < -0.3 is 20.3 Å². The molecule has 2 aromatic rings. The summed E-state index contributed by atoms with van der Waals surface area (Å²) >= 11 is 0. The second-order valence-electron chi connectivity index (χ2n) is 8.10. The van der Waals surface area contributed by atoms with E-state index < -0.39 is 0 Å². The van der Waals surface area contributed by atoms with Gasteiger partial charge in [-0.05, 0) is 44.9 Å². The summed E-state index contributed by atoms with van der Waals surface area (Å²) in [6.45, 7) is 6.24. The molecular weight excluding hydrogens is 388 g/mol. The van der Waals surface area contributed by atoms with E-state index in [-0.39, 0.29) is 18.1 Å². The smallest absolute Gasteiger partial charge is 0.228 e. The van der Waals surface area contributed by atoms with Gasteiger partial charge in [0.1, 0.15) is 11.9 Å². The highest BCUT2D eigenvalue weighted by Crippen LogP contribution is 2.29. The van der Waals surface area contributed by atoms with Gasteiger partial charge in [-0.15, -0.1) is 0 Å². The molecule has 0 spiro atoms. The zero-order valence-corrected chi connectivity index (χ0v) is 19.0. The van der Waals surface area contributed by atoms with E-state index in [1.165, 1.54) is 0 Å². The number of ether oxygens (including phenoxy) is 1. The predicted molar refractivity (Wildman–Crippen MR) is 127 cm³/mol. The van der Waals surface area contributed by atoms with Crippen LogP contribution >= 0.6 is 0 Å². The molecule has 2 aromatic carbocycles. The van der Waals surface area contributed by atoms with Crippen LogP contribution in [0.2, 0.25) is 0 Å². The highest BCUT2D eigenvalue weighted by molar-refractivity contribution is 5.94. The van der Waals surface area contributed by atoms with E-state index in [1.807, 2.05) is 54.4 Å². The Morgan fingerprint density at radius 1 is 1.13 bits per heavy atom. The molecule has 1 saturated heterocycles. The summed E-state index contributed by atoms with van der Waals surface area (Å²) < 4.78 is 6.40. The lowest BCUT2D eigenvalue weighted by molar-refractivity contribution is -0.119. The van der Waals surface area contributed by atoms with E-state index in [1.54, 1.807) is 0 Å². The highest BCUT2D eigenvalue weighted by Gasteiger charge is 2.27. The SMILES string of the molecule is CCNC[C@@H]1CC(=O)N(c2cccc(OC(CCNC)c3ccccc3)c2)CCN1C. The average Bonchev–Trinajstić information content (AvgIpc) is 2.93. The number of carbonyl (C=O) groups is 1. The zero-order valence-electron chi connectivity index (χ0n) is 19.0. The largest absolute Gasteiger partial charge is 0.486 e. The molecule has 2 N–H and O–H groups in total. The van der Waals surface area contributed by atoms with Crippen LogP contribution in [0, 0.1) is 0 Å². The topological polar surface area (TPSA) is 56.8 Å². The third-order valence-corrected chi connectivity index (χ3v) is 5.88. The maximum absolute atomic E-state index is 13.1. The fourth-order valence-electron chi connectivity index (χ4n) is 3.97. The van der Waals surface area contributed by atoms with Gasteiger partial charge in [0.2, 0.25) is 5.91 Å². The number of hydrogen-bond acceptors (Lipinski definition) is 5. The molecule has 0 radical (unpaired) electrons. The van der Waals surface area contributed by atoms with Gasteiger partial charge in [0.15, 0.2) is 0 Å². The molecule has 0 aliphatic carbocycles. The van der Waals surface area contributed by atoms with Crippen LogP contribution in [0.4, 0.5) is 5.69 Å². The Morgan fingerprint density at radius 2 is 1.94 bits per heavy atom. The molecule has 1 fully saturated rings. The van der Waals surface area contributed by atoms with Crippen LogP contribution in [0.1, 0.15) is 31.4 Å². The zero-order chi connectivity index (χ0) is 22.1. The average molecular weight is 425 g/mol. The molecule has 3 rings (SSSR count). The van der Waals surface area contributed by atoms with E-state index in [0.29, 0.717) is 13.0 Å². The van der Waals surface area contributed by atoms with E-state index in [0.717, 1.165) is 49.6 Å². The number of anilines is 1. The molecular formula is C25H36N4O2. The molecule has 1 heterocycles. The summed E-state index contributed by atoms with van der Waals surface area (Å²) in [6, 6.07) is 18.5. The fraction of sp³-hybridized carbons (Fsp3) is 0.480. The normalized spacial score (nSPS) is 18.6. The molecule has 168 valence electrons. The highest BCUT2D eigenvalue weighted by atomic mass is 16.5. The number of amides is 1. The Morgan fingerprint density at radius 3 is 2.68 bits per heavy atom. The molecule has 0 aromatic heterocycles. The van der Waals surface area contributed by atoms with E-state index >= 15 is 0 Å². The van der Waals surface area contributed by atoms with Crippen molar-refractivity contribution >= 4 is 11.6 Å². The van der Waals surface area contributed by atoms with Crippen molar-refractivity contribution in [3.8, 4) is 5.75 Å². The molecule has 6 heteroatoms. The van der Waals surface area contributed by atoms with Gasteiger partial charge in [0.25, 0.3) is 0 Å². The third kappa shape index (κ3) is 6.53. The van der Waals surface area contributed by atoms with Gasteiger partial charge in [-0.25, -0.2) is 0 Å². The van der Waals surface area contributed by atoms with Crippen molar-refractivity contribution < 1.29 is 9.53 Å². The van der Waals surface area contributed by atoms with Gasteiger partial charge in [-0.2, -0.15) is 0 Å². The van der Waals surface area contributed by atoms with Gasteiger partial charge in [0, 0.05) is 50.3 Å². The monoisotopic (exact) mass is 424 g/mol. The summed E-state index contributed by atoms with van der Waals surface area (Å²) in [4.78, 5) is 17.2. The van der Waals surface area contributed by atoms with Crippen molar-refractivity contribution in [2.45, 2.75) is 31.9 Å². The van der Waals surface area contributed by atoms with Crippen LogP contribution in [0.5, 0.6) is 5.75 Å². The molecule has 2 atom stereocenters. The minimum Gasteiger partial charge on any atom is -0.486 e. The number of nitrogens with zero attached hydrogens (tertiary/aromatic N) is 2. The lowest BCUT2D eigenvalue weighted by Crippen LogP contribution is -2.40. The molecule has 1 aliphatic heterocycles. The molecule has 0 saturated carbocycles. The van der Waals surface area contributed by atoms with Crippen LogP contribution in [0.3, 0.4) is 0 Å². The van der Waals surface area contributed by atoms with E-state index in [2.05, 4.69) is 41.6 Å². The fourth-order valence-corrected chi connectivity index (χ4v) is 3.97. The van der Waals surface area contributed by atoms with Crippen LogP contribution in [0.25, 0.3) is 0 Å². The van der Waals surface area contributed by atoms with Gasteiger partial charge in [0.05, 0.1) is 0 Å². The third-order valence-electron chi connectivity index (χ3n) is 5.88. The van der Waals surface area contributed by atoms with E-state index in [4.69, 9.17) is 4.74 Å². The Labute approximate surface area is 186 Å². The van der Waals surface area contributed by atoms with Crippen molar-refractivity contribution in [1.82, 2.24) is 15.5 Å². The van der Waals surface area contributed by atoms with Crippen molar-refractivity contribution in [3.05, 3.63) is 60.2 Å². The quantitative estimate of drug-likeness (QED) is 0.614. The van der Waals surface area contributed by atoms with Crippen molar-refractivity contribution in [3.63, 3.8) is 0 Å². The Hall–Kier alpha value is -2.41. The lowest BCUT2D eigenvalue weighted by Gasteiger charge is -2.24. The Balaban J connectivity index is 1.75. The first kappa shape index (κ1) is 23.3. The van der Waals surface area contributed by atoms with Gasteiger partial charge >= 0.3 is 0 Å². The second-order valence-corrected chi connectivity index (χ2v) is 8.10. The first-order valence-corrected chi connectivity index (χ1v) is 11.3. The summed E-state index contributed by atoms with van der Waals surface area (Å²) in [5.41, 5.74) is 2.06. The van der Waals surface area contributed by atoms with Crippen molar-refractivity contribution in [2.24, 2.45) is 0 Å². The molecule has 6 nitrogen and oxygen atoms in total. The Bertz CT molecular complexity index is 814. The molecule has 1 aliphatic rings. The summed E-state index contributed by atoms with van der Waals surface area (Å²) in [7, 11) is 4.05. The van der Waals surface area contributed by atoms with Gasteiger partial charge in [-0.3, -0.25) is 9.69 Å². The number of nitrogens with one attached hydrogen (secondary N) is 2. The van der Waals surface area contributed by atoms with E-state index in [9.17, 15) is 4.79 Å². The minimum absolute atomic E-state index is 0.0423. The number of likely N-dealkylation sites (N-methyl/N-ethyl adjacent to an activating group) is 2. The van der Waals surface area contributed by atoms with Crippen LogP contribution < -0.4 is 20.3 Å². The summed E-state index contributed by atoms with van der Waals surface area (Å²) in [5, 5.41) is 6.59. The molecule has 1 unspecified atom stereocenters. The van der Waals surface area contributed by atoms with Crippen molar-refractivity contribution in [1.29, 1.82) is 0 Å². The second kappa shape index (κ2) is 11.8. The first-order valence-electron chi connectivity index (χ1n) is 11.3. The number of benzene rings is 2. The predicted octanol–water partition coefficient (Wildman–Crippen LogP) is 3.06. The number of hydrogen-bond donors (Lipinski definition) is 2.